The molecule has 1 aromatic carbocycles. The van der Waals surface area contributed by atoms with Crippen LogP contribution in [-0.4, -0.2) is 45.8 Å². The monoisotopic (exact) mass is 471 g/mol. The van der Waals surface area contributed by atoms with Gasteiger partial charge >= 0.3 is 11.8 Å². The number of carbonyl (C=O) groups excluding carboxylic acids is 2. The van der Waals surface area contributed by atoms with Gasteiger partial charge in [-0.2, -0.15) is 0 Å². The van der Waals surface area contributed by atoms with E-state index in [1.807, 2.05) is 0 Å². The second-order valence-corrected chi connectivity index (χ2v) is 8.07. The number of rotatable bonds is 5. The molecule has 3 aromatic rings. The van der Waals surface area contributed by atoms with Crippen LogP contribution in [0.1, 0.15) is 12.8 Å². The zero-order chi connectivity index (χ0) is 23.1. The molecule has 33 heavy (non-hydrogen) atoms. The van der Waals surface area contributed by atoms with Crippen LogP contribution in [0.5, 0.6) is 5.75 Å². The number of cyclic esters (lactones) is 1. The van der Waals surface area contributed by atoms with Crippen LogP contribution in [0.15, 0.2) is 39.9 Å². The fraction of sp³-hybridized carbons (Fsp3) is 0.286. The number of nitrogens with zero attached hydrogens (tertiary/aromatic N) is 3. The number of pyridine rings is 1. The number of aromatic nitrogens is 3. The van der Waals surface area contributed by atoms with Gasteiger partial charge in [0, 0.05) is 6.54 Å². The highest BCUT2D eigenvalue weighted by atomic mass is 35.5. The zero-order valence-corrected chi connectivity index (χ0v) is 17.9. The smallest absolute Gasteiger partial charge is 0.415 e. The molecule has 0 radical (unpaired) electrons. The Morgan fingerprint density at radius 1 is 1.15 bits per heavy atom. The topological polar surface area (TPSA) is 136 Å². The second-order valence-electron chi connectivity index (χ2n) is 7.66. The van der Waals surface area contributed by atoms with Gasteiger partial charge in [-0.25, -0.2) is 14.6 Å². The van der Waals surface area contributed by atoms with Crippen LogP contribution in [-0.2, 0) is 16.1 Å². The Hall–Kier alpha value is -3.86. The number of para-hydroxylation sites is 1. The lowest BCUT2D eigenvalue weighted by Crippen LogP contribution is -2.35. The molecule has 2 aliphatic rings. The van der Waals surface area contributed by atoms with Crippen LogP contribution in [0.2, 0.25) is 5.02 Å². The maximum Gasteiger partial charge on any atom is 0.415 e. The standard InChI is InChI=1S/C21H18ClN5O6/c22-13-5-1-4-12-17(13)25-20(30)26(19(12)29)8-2-3-11-9-27(21(31)33-11)15-7-6-14-18(23-15)24-16(28)10-32-14/h1,4-7,11H,2-3,8-10H2,(H,25,30)(H,23,24,28)/t11-/m0/s1. The molecule has 2 amide bonds. The quantitative estimate of drug-likeness (QED) is 0.579. The van der Waals surface area contributed by atoms with E-state index in [1.54, 1.807) is 30.3 Å². The van der Waals surface area contributed by atoms with Crippen LogP contribution in [0.4, 0.5) is 16.4 Å². The first-order valence-corrected chi connectivity index (χ1v) is 10.6. The summed E-state index contributed by atoms with van der Waals surface area (Å²) >= 11 is 6.06. The number of ether oxygens (including phenoxy) is 2. The van der Waals surface area contributed by atoms with Gasteiger partial charge in [-0.1, -0.05) is 17.7 Å². The molecular weight excluding hydrogens is 454 g/mol. The molecule has 1 atom stereocenters. The Morgan fingerprint density at radius 3 is 2.85 bits per heavy atom. The number of H-pyrrole nitrogens is 1. The molecule has 0 spiro atoms. The van der Waals surface area contributed by atoms with E-state index < -0.39 is 23.4 Å². The van der Waals surface area contributed by atoms with Crippen molar-refractivity contribution in [3.05, 3.63) is 56.2 Å². The van der Waals surface area contributed by atoms with E-state index in [0.717, 1.165) is 4.57 Å². The van der Waals surface area contributed by atoms with Gasteiger partial charge in [-0.3, -0.25) is 19.1 Å². The number of halogens is 1. The van der Waals surface area contributed by atoms with Crippen LogP contribution in [0.3, 0.4) is 0 Å². The summed E-state index contributed by atoms with van der Waals surface area (Å²) in [5.74, 6) is 0.672. The number of anilines is 2. The van der Waals surface area contributed by atoms with Crippen LogP contribution < -0.4 is 26.2 Å². The predicted octanol–water partition coefficient (Wildman–Crippen LogP) is 1.87. The number of fused-ring (bicyclic) bond motifs is 2. The lowest BCUT2D eigenvalue weighted by Gasteiger charge is -2.19. The largest absolute Gasteiger partial charge is 0.480 e. The van der Waals surface area contributed by atoms with Crippen LogP contribution in [0.25, 0.3) is 10.9 Å². The maximum absolute atomic E-state index is 12.7. The van der Waals surface area contributed by atoms with Crippen LogP contribution >= 0.6 is 11.6 Å². The summed E-state index contributed by atoms with van der Waals surface area (Å²) in [6.45, 7) is 0.321. The van der Waals surface area contributed by atoms with Crippen molar-refractivity contribution in [3.8, 4) is 5.75 Å². The lowest BCUT2D eigenvalue weighted by atomic mass is 10.2. The zero-order valence-electron chi connectivity index (χ0n) is 17.2. The van der Waals surface area contributed by atoms with Gasteiger partial charge in [-0.05, 0) is 37.1 Å². The van der Waals surface area contributed by atoms with Gasteiger partial charge in [-0.15, -0.1) is 0 Å². The van der Waals surface area contributed by atoms with Crippen LogP contribution in [0, 0.1) is 0 Å². The van der Waals surface area contributed by atoms with Crippen molar-refractivity contribution in [1.29, 1.82) is 0 Å². The van der Waals surface area contributed by atoms with Gasteiger partial charge in [0.25, 0.3) is 11.5 Å². The second kappa shape index (κ2) is 8.24. The number of aromatic amines is 1. The molecule has 5 rings (SSSR count). The van der Waals surface area contributed by atoms with Crippen molar-refractivity contribution < 1.29 is 19.1 Å². The molecule has 0 bridgehead atoms. The van der Waals surface area contributed by atoms with Gasteiger partial charge in [0.1, 0.15) is 11.9 Å². The molecule has 170 valence electrons. The van der Waals surface area contributed by atoms with Crippen molar-refractivity contribution in [1.82, 2.24) is 14.5 Å². The summed E-state index contributed by atoms with van der Waals surface area (Å²) in [4.78, 5) is 57.2. The van der Waals surface area contributed by atoms with Crippen molar-refractivity contribution in [2.24, 2.45) is 0 Å². The van der Waals surface area contributed by atoms with E-state index in [0.29, 0.717) is 40.3 Å². The fourth-order valence-electron chi connectivity index (χ4n) is 3.88. The SMILES string of the molecule is O=C1COc2ccc(N3C[C@H](CCCn4c(=O)[nH]c5c(Cl)cccc5c4=O)OC3=O)nc2N1. The molecule has 0 aliphatic carbocycles. The molecule has 2 aliphatic heterocycles. The summed E-state index contributed by atoms with van der Waals surface area (Å²) < 4.78 is 11.8. The summed E-state index contributed by atoms with van der Waals surface area (Å²) in [7, 11) is 0. The highest BCUT2D eigenvalue weighted by Crippen LogP contribution is 2.30. The van der Waals surface area contributed by atoms with E-state index >= 15 is 0 Å². The summed E-state index contributed by atoms with van der Waals surface area (Å²) in [5, 5.41) is 3.23. The van der Waals surface area contributed by atoms with Crippen molar-refractivity contribution in [2.45, 2.75) is 25.5 Å². The number of benzene rings is 1. The molecular formula is C21H18ClN5O6. The minimum absolute atomic E-state index is 0.0853. The number of carbonyl (C=O) groups is 2. The first-order chi connectivity index (χ1) is 15.9. The van der Waals surface area contributed by atoms with Gasteiger partial charge in [0.15, 0.2) is 18.2 Å². The molecule has 2 N–H and O–H groups in total. The predicted molar refractivity (Wildman–Crippen MR) is 119 cm³/mol. The van der Waals surface area contributed by atoms with E-state index in [9.17, 15) is 19.2 Å². The first-order valence-electron chi connectivity index (χ1n) is 10.2. The molecule has 12 heteroatoms. The fourth-order valence-corrected chi connectivity index (χ4v) is 4.11. The number of hydrogen-bond acceptors (Lipinski definition) is 7. The number of hydrogen-bond donors (Lipinski definition) is 2. The third-order valence-electron chi connectivity index (χ3n) is 5.48. The van der Waals surface area contributed by atoms with Crippen molar-refractivity contribution in [3.63, 3.8) is 0 Å². The van der Waals surface area contributed by atoms with E-state index in [1.165, 1.54) is 4.90 Å². The third-order valence-corrected chi connectivity index (χ3v) is 5.80. The summed E-state index contributed by atoms with van der Waals surface area (Å²) in [6.07, 6.45) is -0.133. The Balaban J connectivity index is 1.26. The number of nitrogens with one attached hydrogen (secondary N) is 2. The molecule has 11 nitrogen and oxygen atoms in total. The van der Waals surface area contributed by atoms with E-state index in [-0.39, 0.29) is 31.4 Å². The Kier molecular flexibility index (Phi) is 5.25. The summed E-state index contributed by atoms with van der Waals surface area (Å²) in [6, 6.07) is 8.09. The first kappa shape index (κ1) is 21.0. The van der Waals surface area contributed by atoms with Crippen molar-refractivity contribution >= 4 is 46.1 Å². The maximum atomic E-state index is 12.7. The average Bonchev–Trinajstić information content (AvgIpc) is 3.16. The average molecular weight is 472 g/mol. The molecule has 4 heterocycles. The van der Waals surface area contributed by atoms with Gasteiger partial charge < -0.3 is 19.8 Å². The molecule has 1 fully saturated rings. The Bertz CT molecular complexity index is 1400. The molecule has 2 aromatic heterocycles. The minimum Gasteiger partial charge on any atom is -0.480 e. The Morgan fingerprint density at radius 2 is 2.00 bits per heavy atom. The molecule has 0 unspecified atom stereocenters. The normalized spacial score (nSPS) is 17.5. The van der Waals surface area contributed by atoms with E-state index in [2.05, 4.69) is 15.3 Å². The third kappa shape index (κ3) is 3.91. The van der Waals surface area contributed by atoms with Crippen molar-refractivity contribution in [2.75, 3.05) is 23.4 Å². The van der Waals surface area contributed by atoms with E-state index in [4.69, 9.17) is 21.1 Å². The van der Waals surface area contributed by atoms with Gasteiger partial charge in [0.2, 0.25) is 0 Å². The summed E-state index contributed by atoms with van der Waals surface area (Å²) in [5.41, 5.74) is -0.665. The lowest BCUT2D eigenvalue weighted by molar-refractivity contribution is -0.118. The highest BCUT2D eigenvalue weighted by molar-refractivity contribution is 6.34. The molecule has 0 saturated carbocycles. The minimum atomic E-state index is -0.564. The number of amides is 2. The highest BCUT2D eigenvalue weighted by Gasteiger charge is 2.33. The molecule has 1 saturated heterocycles. The van der Waals surface area contributed by atoms with Gasteiger partial charge in [0.05, 0.1) is 22.5 Å². The Labute approximate surface area is 190 Å².